The lowest BCUT2D eigenvalue weighted by Gasteiger charge is -2.36. The third-order valence-electron chi connectivity index (χ3n) is 5.29. The number of hydrogen-bond acceptors (Lipinski definition) is 5. The molecule has 0 aliphatic carbocycles. The Morgan fingerprint density at radius 3 is 1.29 bits per heavy atom. The molecule has 34 heavy (non-hydrogen) atoms. The monoisotopic (exact) mass is 464 g/mol. The van der Waals surface area contributed by atoms with Crippen LogP contribution < -0.4 is 0 Å². The summed E-state index contributed by atoms with van der Waals surface area (Å²) in [6, 6.07) is 30.7. The molecule has 3 rings (SSSR count). The summed E-state index contributed by atoms with van der Waals surface area (Å²) >= 11 is 0. The van der Waals surface area contributed by atoms with Gasteiger partial charge in [-0.3, -0.25) is 4.79 Å². The summed E-state index contributed by atoms with van der Waals surface area (Å²) in [6.45, 7) is 2.65. The number of aliphatic carboxylic acids is 1. The van der Waals surface area contributed by atoms with Crippen LogP contribution in [0.25, 0.3) is 0 Å². The molecule has 180 valence electrons. The number of rotatable bonds is 16. The first-order valence-corrected chi connectivity index (χ1v) is 11.5. The molecule has 0 aromatic heterocycles. The minimum Gasteiger partial charge on any atom is -0.481 e. The zero-order valence-electron chi connectivity index (χ0n) is 19.3. The summed E-state index contributed by atoms with van der Waals surface area (Å²) in [5, 5.41) is 8.56. The van der Waals surface area contributed by atoms with Crippen molar-refractivity contribution in [2.45, 2.75) is 12.0 Å². The van der Waals surface area contributed by atoms with Gasteiger partial charge in [0.05, 0.1) is 52.7 Å². The molecule has 0 heterocycles. The number of ether oxygens (including phenoxy) is 4. The fourth-order valence-corrected chi connectivity index (χ4v) is 3.72. The highest BCUT2D eigenvalue weighted by Crippen LogP contribution is 2.40. The van der Waals surface area contributed by atoms with Gasteiger partial charge in [0.15, 0.2) is 0 Å². The zero-order valence-corrected chi connectivity index (χ0v) is 19.3. The predicted molar refractivity (Wildman–Crippen MR) is 130 cm³/mol. The molecule has 6 heteroatoms. The Labute approximate surface area is 201 Å². The van der Waals surface area contributed by atoms with E-state index in [9.17, 15) is 4.79 Å². The Kier molecular flexibility index (Phi) is 10.7. The normalized spacial score (nSPS) is 11.4. The minimum atomic E-state index is -0.868. The van der Waals surface area contributed by atoms with Crippen LogP contribution in [0.15, 0.2) is 91.0 Å². The van der Waals surface area contributed by atoms with Crippen molar-refractivity contribution in [3.05, 3.63) is 108 Å². The van der Waals surface area contributed by atoms with Crippen LogP contribution in [-0.2, 0) is 29.3 Å². The van der Waals surface area contributed by atoms with Gasteiger partial charge in [-0.1, -0.05) is 91.0 Å². The maximum absolute atomic E-state index is 10.4. The van der Waals surface area contributed by atoms with Crippen LogP contribution in [0.3, 0.4) is 0 Å². The third kappa shape index (κ3) is 7.50. The molecular formula is C28H32O6. The predicted octanol–water partition coefficient (Wildman–Crippen LogP) is 4.52. The number of carboxylic acid groups (broad SMARTS) is 1. The molecule has 0 spiro atoms. The highest BCUT2D eigenvalue weighted by molar-refractivity contribution is 5.66. The van der Waals surface area contributed by atoms with Crippen LogP contribution in [0.1, 0.15) is 23.1 Å². The second kappa shape index (κ2) is 14.3. The summed E-state index contributed by atoms with van der Waals surface area (Å²) in [5.74, 6) is -0.868. The van der Waals surface area contributed by atoms with Crippen LogP contribution >= 0.6 is 0 Å². The van der Waals surface area contributed by atoms with E-state index < -0.39 is 11.6 Å². The Hall–Kier alpha value is -3.03. The number of hydrogen-bond donors (Lipinski definition) is 1. The first-order chi connectivity index (χ1) is 16.7. The molecule has 0 saturated carbocycles. The van der Waals surface area contributed by atoms with E-state index >= 15 is 0 Å². The van der Waals surface area contributed by atoms with Crippen LogP contribution in [-0.4, -0.2) is 57.3 Å². The molecule has 0 bridgehead atoms. The SMILES string of the molecule is O=C(O)CCOCCOCCOCCOC(c1ccccc1)(c1ccccc1)c1ccccc1. The van der Waals surface area contributed by atoms with Crippen molar-refractivity contribution in [3.63, 3.8) is 0 Å². The van der Waals surface area contributed by atoms with Crippen molar-refractivity contribution >= 4 is 5.97 Å². The van der Waals surface area contributed by atoms with Gasteiger partial charge in [-0.25, -0.2) is 0 Å². The van der Waals surface area contributed by atoms with Gasteiger partial charge < -0.3 is 24.1 Å². The Morgan fingerprint density at radius 2 is 0.912 bits per heavy atom. The van der Waals surface area contributed by atoms with Gasteiger partial charge in [0.2, 0.25) is 0 Å². The summed E-state index contributed by atoms with van der Waals surface area (Å²) in [7, 11) is 0. The van der Waals surface area contributed by atoms with E-state index in [-0.39, 0.29) is 13.0 Å². The molecule has 0 atom stereocenters. The van der Waals surface area contributed by atoms with Crippen molar-refractivity contribution in [1.82, 2.24) is 0 Å². The van der Waals surface area contributed by atoms with Gasteiger partial charge in [-0.05, 0) is 16.7 Å². The molecule has 0 aliphatic heterocycles. The fraction of sp³-hybridized carbons (Fsp3) is 0.321. The molecule has 0 amide bonds. The van der Waals surface area contributed by atoms with E-state index in [2.05, 4.69) is 36.4 Å². The minimum absolute atomic E-state index is 0.000450. The number of carbonyl (C=O) groups is 1. The van der Waals surface area contributed by atoms with Crippen molar-refractivity contribution in [2.24, 2.45) is 0 Å². The summed E-state index contributed by atoms with van der Waals surface area (Å²) < 4.78 is 23.0. The van der Waals surface area contributed by atoms with Gasteiger partial charge >= 0.3 is 5.97 Å². The number of carboxylic acids is 1. The molecule has 0 aliphatic rings. The summed E-state index contributed by atoms with van der Waals surface area (Å²) in [4.78, 5) is 10.4. The standard InChI is InChI=1S/C28H32O6/c29-27(30)16-17-31-18-19-32-20-21-33-22-23-34-28(24-10-4-1-5-11-24,25-12-6-2-7-13-25)26-14-8-3-9-15-26/h1-15H,16-23H2,(H,29,30). The largest absolute Gasteiger partial charge is 0.481 e. The van der Waals surface area contributed by atoms with Crippen LogP contribution in [0.5, 0.6) is 0 Å². The highest BCUT2D eigenvalue weighted by atomic mass is 16.6. The quantitative estimate of drug-likeness (QED) is 0.248. The molecular weight excluding hydrogens is 432 g/mol. The van der Waals surface area contributed by atoms with Gasteiger partial charge in [0.25, 0.3) is 0 Å². The molecule has 6 nitrogen and oxygen atoms in total. The van der Waals surface area contributed by atoms with E-state index in [0.29, 0.717) is 39.6 Å². The maximum Gasteiger partial charge on any atom is 0.305 e. The first kappa shape index (κ1) is 25.6. The lowest BCUT2D eigenvalue weighted by atomic mass is 9.80. The van der Waals surface area contributed by atoms with E-state index in [1.54, 1.807) is 0 Å². The van der Waals surface area contributed by atoms with Crippen LogP contribution in [0.2, 0.25) is 0 Å². The fourth-order valence-electron chi connectivity index (χ4n) is 3.72. The summed E-state index contributed by atoms with van der Waals surface area (Å²) in [5.41, 5.74) is 2.41. The van der Waals surface area contributed by atoms with Crippen molar-refractivity contribution in [1.29, 1.82) is 0 Å². The first-order valence-electron chi connectivity index (χ1n) is 11.5. The second-order valence-corrected chi connectivity index (χ2v) is 7.61. The van der Waals surface area contributed by atoms with E-state index in [4.69, 9.17) is 24.1 Å². The lowest BCUT2D eigenvalue weighted by Crippen LogP contribution is -2.34. The van der Waals surface area contributed by atoms with Crippen molar-refractivity contribution in [2.75, 3.05) is 46.2 Å². The van der Waals surface area contributed by atoms with Crippen LogP contribution in [0.4, 0.5) is 0 Å². The van der Waals surface area contributed by atoms with Crippen LogP contribution in [0, 0.1) is 0 Å². The second-order valence-electron chi connectivity index (χ2n) is 7.61. The van der Waals surface area contributed by atoms with Gasteiger partial charge in [0, 0.05) is 0 Å². The Bertz CT molecular complexity index is 850. The Morgan fingerprint density at radius 1 is 0.559 bits per heavy atom. The van der Waals surface area contributed by atoms with Crippen molar-refractivity contribution < 1.29 is 28.8 Å². The number of benzene rings is 3. The van der Waals surface area contributed by atoms with E-state index in [1.807, 2.05) is 54.6 Å². The maximum atomic E-state index is 10.4. The van der Waals surface area contributed by atoms with Gasteiger partial charge in [0.1, 0.15) is 5.60 Å². The molecule has 3 aromatic carbocycles. The molecule has 3 aromatic rings. The molecule has 0 radical (unpaired) electrons. The average molecular weight is 465 g/mol. The lowest BCUT2D eigenvalue weighted by molar-refractivity contribution is -0.138. The van der Waals surface area contributed by atoms with Crippen molar-refractivity contribution in [3.8, 4) is 0 Å². The smallest absolute Gasteiger partial charge is 0.305 e. The van der Waals surface area contributed by atoms with E-state index in [0.717, 1.165) is 16.7 Å². The van der Waals surface area contributed by atoms with Gasteiger partial charge in [-0.15, -0.1) is 0 Å². The molecule has 0 fully saturated rings. The highest BCUT2D eigenvalue weighted by Gasteiger charge is 2.37. The topological polar surface area (TPSA) is 74.2 Å². The zero-order chi connectivity index (χ0) is 23.9. The average Bonchev–Trinajstić information content (AvgIpc) is 2.88. The Balaban J connectivity index is 1.55. The van der Waals surface area contributed by atoms with Gasteiger partial charge in [-0.2, -0.15) is 0 Å². The third-order valence-corrected chi connectivity index (χ3v) is 5.29. The molecule has 1 N–H and O–H groups in total. The van der Waals surface area contributed by atoms with E-state index in [1.165, 1.54) is 0 Å². The molecule has 0 saturated heterocycles. The molecule has 0 unspecified atom stereocenters. The summed E-state index contributed by atoms with van der Waals surface area (Å²) in [6.07, 6.45) is -0.000450.